The van der Waals surface area contributed by atoms with Gasteiger partial charge in [0.2, 0.25) is 0 Å². The Morgan fingerprint density at radius 1 is 1.18 bits per heavy atom. The number of carbonyl (C=O) groups is 1. The fraction of sp³-hybridized carbons (Fsp3) is 0.235. The first-order chi connectivity index (χ1) is 10.7. The zero-order valence-electron chi connectivity index (χ0n) is 12.0. The number of fused-ring (bicyclic) bond motifs is 2. The van der Waals surface area contributed by atoms with Gasteiger partial charge in [0, 0.05) is 17.3 Å². The van der Waals surface area contributed by atoms with Crippen LogP contribution in [-0.2, 0) is 12.8 Å². The molecule has 2 heterocycles. The molecule has 0 aliphatic heterocycles. The van der Waals surface area contributed by atoms with Crippen molar-refractivity contribution in [3.8, 4) is 5.69 Å². The number of aromatic nitrogens is 3. The lowest BCUT2D eigenvalue weighted by Crippen LogP contribution is -2.08. The Hall–Kier alpha value is -2.69. The van der Waals surface area contributed by atoms with Gasteiger partial charge >= 0.3 is 5.97 Å². The van der Waals surface area contributed by atoms with Crippen LogP contribution in [0.1, 0.15) is 34.5 Å². The number of nitrogens with zero attached hydrogens (tertiary/aromatic N) is 3. The normalized spacial score (nSPS) is 14.0. The van der Waals surface area contributed by atoms with E-state index in [1.807, 2.05) is 29.1 Å². The Bertz CT molecular complexity index is 883. The minimum absolute atomic E-state index is 0.271. The molecule has 5 heteroatoms. The van der Waals surface area contributed by atoms with Gasteiger partial charge in [-0.3, -0.25) is 4.98 Å². The Kier molecular flexibility index (Phi) is 2.92. The van der Waals surface area contributed by atoms with E-state index >= 15 is 0 Å². The zero-order chi connectivity index (χ0) is 15.1. The van der Waals surface area contributed by atoms with Gasteiger partial charge in [0.15, 0.2) is 0 Å². The van der Waals surface area contributed by atoms with Crippen molar-refractivity contribution in [2.24, 2.45) is 0 Å². The summed E-state index contributed by atoms with van der Waals surface area (Å²) in [6, 6.07) is 7.21. The average Bonchev–Trinajstić information content (AvgIpc) is 2.97. The van der Waals surface area contributed by atoms with Crippen LogP contribution in [0.15, 0.2) is 36.7 Å². The van der Waals surface area contributed by atoms with Crippen LogP contribution in [0.4, 0.5) is 0 Å². The first kappa shape index (κ1) is 13.0. The fourth-order valence-corrected chi connectivity index (χ4v) is 3.17. The van der Waals surface area contributed by atoms with Crippen molar-refractivity contribution in [3.05, 3.63) is 53.5 Å². The van der Waals surface area contributed by atoms with Gasteiger partial charge in [-0.15, -0.1) is 0 Å². The van der Waals surface area contributed by atoms with Crippen molar-refractivity contribution in [1.82, 2.24) is 14.8 Å². The van der Waals surface area contributed by atoms with Crippen LogP contribution in [-0.4, -0.2) is 25.8 Å². The molecule has 0 bridgehead atoms. The lowest BCUT2D eigenvalue weighted by atomic mass is 9.98. The van der Waals surface area contributed by atoms with E-state index in [0.717, 1.165) is 18.5 Å². The van der Waals surface area contributed by atoms with Crippen LogP contribution in [0, 0.1) is 0 Å². The molecule has 0 saturated carbocycles. The lowest BCUT2D eigenvalue weighted by molar-refractivity contribution is 0.0699. The third-order valence-corrected chi connectivity index (χ3v) is 4.27. The molecular formula is C17H15N3O2. The topological polar surface area (TPSA) is 68.0 Å². The van der Waals surface area contributed by atoms with Gasteiger partial charge in [-0.1, -0.05) is 0 Å². The van der Waals surface area contributed by atoms with E-state index in [-0.39, 0.29) is 5.56 Å². The van der Waals surface area contributed by atoms with E-state index in [1.54, 1.807) is 0 Å². The van der Waals surface area contributed by atoms with Crippen LogP contribution in [0.25, 0.3) is 16.6 Å². The van der Waals surface area contributed by atoms with Crippen molar-refractivity contribution in [3.63, 3.8) is 0 Å². The minimum atomic E-state index is -0.938. The maximum atomic E-state index is 11.4. The van der Waals surface area contributed by atoms with E-state index in [4.69, 9.17) is 0 Å². The summed E-state index contributed by atoms with van der Waals surface area (Å²) in [6.07, 6.45) is 7.94. The van der Waals surface area contributed by atoms with Gasteiger partial charge in [0.1, 0.15) is 0 Å². The van der Waals surface area contributed by atoms with E-state index in [9.17, 15) is 9.90 Å². The van der Waals surface area contributed by atoms with Gasteiger partial charge in [-0.2, -0.15) is 5.10 Å². The van der Waals surface area contributed by atoms with E-state index in [1.165, 1.54) is 36.4 Å². The molecule has 110 valence electrons. The molecule has 1 aliphatic rings. The summed E-state index contributed by atoms with van der Waals surface area (Å²) in [6.45, 7) is 0. The van der Waals surface area contributed by atoms with Crippen LogP contribution in [0.5, 0.6) is 0 Å². The highest BCUT2D eigenvalue weighted by Crippen LogP contribution is 2.26. The highest BCUT2D eigenvalue weighted by Gasteiger charge is 2.17. The summed E-state index contributed by atoms with van der Waals surface area (Å²) in [5.41, 5.74) is 4.39. The van der Waals surface area contributed by atoms with Crippen LogP contribution >= 0.6 is 0 Å². The van der Waals surface area contributed by atoms with Gasteiger partial charge in [0.05, 0.1) is 23.0 Å². The Labute approximate surface area is 127 Å². The van der Waals surface area contributed by atoms with Gasteiger partial charge in [-0.25, -0.2) is 9.48 Å². The number of aromatic carboxylic acids is 1. The Morgan fingerprint density at radius 2 is 2.05 bits per heavy atom. The van der Waals surface area contributed by atoms with Crippen molar-refractivity contribution in [1.29, 1.82) is 0 Å². The largest absolute Gasteiger partial charge is 0.478 e. The van der Waals surface area contributed by atoms with E-state index in [2.05, 4.69) is 10.1 Å². The fourth-order valence-electron chi connectivity index (χ4n) is 3.17. The summed E-state index contributed by atoms with van der Waals surface area (Å²) in [5, 5.41) is 14.5. The number of carboxylic acid groups (broad SMARTS) is 1. The predicted octanol–water partition coefficient (Wildman–Crippen LogP) is 3.00. The SMILES string of the molecule is O=C(O)c1ccnc2ccc(-n3ncc4c3CCCC4)cc12. The number of hydrogen-bond acceptors (Lipinski definition) is 3. The van der Waals surface area contributed by atoms with Crippen molar-refractivity contribution in [2.45, 2.75) is 25.7 Å². The number of benzene rings is 1. The summed E-state index contributed by atoms with van der Waals surface area (Å²) < 4.78 is 1.94. The van der Waals surface area contributed by atoms with Gasteiger partial charge in [0.25, 0.3) is 0 Å². The first-order valence-electron chi connectivity index (χ1n) is 7.42. The second-order valence-corrected chi connectivity index (χ2v) is 5.60. The van der Waals surface area contributed by atoms with Crippen molar-refractivity contribution in [2.75, 3.05) is 0 Å². The number of aryl methyl sites for hydroxylation is 1. The average molecular weight is 293 g/mol. The molecule has 3 aromatic rings. The maximum Gasteiger partial charge on any atom is 0.336 e. The summed E-state index contributed by atoms with van der Waals surface area (Å²) in [7, 11) is 0. The molecule has 4 rings (SSSR count). The molecule has 0 amide bonds. The standard InChI is InChI=1S/C17H15N3O2/c21-17(22)13-7-8-18-15-6-5-12(9-14(13)15)20-16-4-2-1-3-11(16)10-19-20/h5-10H,1-4H2,(H,21,22). The van der Waals surface area contributed by atoms with Crippen LogP contribution in [0.2, 0.25) is 0 Å². The Morgan fingerprint density at radius 3 is 2.91 bits per heavy atom. The molecule has 0 fully saturated rings. The predicted molar refractivity (Wildman–Crippen MR) is 82.5 cm³/mol. The van der Waals surface area contributed by atoms with Gasteiger partial charge in [-0.05, 0) is 55.5 Å². The zero-order valence-corrected chi connectivity index (χ0v) is 12.0. The number of rotatable bonds is 2. The summed E-state index contributed by atoms with van der Waals surface area (Å²) in [4.78, 5) is 15.6. The third kappa shape index (κ3) is 1.97. The number of carboxylic acids is 1. The monoisotopic (exact) mass is 293 g/mol. The van der Waals surface area contributed by atoms with Crippen LogP contribution < -0.4 is 0 Å². The molecule has 1 aliphatic carbocycles. The van der Waals surface area contributed by atoms with E-state index in [0.29, 0.717) is 10.9 Å². The Balaban J connectivity index is 1.91. The first-order valence-corrected chi connectivity index (χ1v) is 7.42. The van der Waals surface area contributed by atoms with Crippen LogP contribution in [0.3, 0.4) is 0 Å². The summed E-state index contributed by atoms with van der Waals surface area (Å²) in [5.74, 6) is -0.938. The molecule has 1 N–H and O–H groups in total. The minimum Gasteiger partial charge on any atom is -0.478 e. The molecule has 0 spiro atoms. The molecule has 0 unspecified atom stereocenters. The maximum absolute atomic E-state index is 11.4. The molecule has 0 saturated heterocycles. The molecule has 0 atom stereocenters. The molecule has 0 radical (unpaired) electrons. The number of pyridine rings is 1. The second-order valence-electron chi connectivity index (χ2n) is 5.60. The van der Waals surface area contributed by atoms with Crippen molar-refractivity contribution >= 4 is 16.9 Å². The highest BCUT2D eigenvalue weighted by molar-refractivity contribution is 6.02. The highest BCUT2D eigenvalue weighted by atomic mass is 16.4. The number of hydrogen-bond donors (Lipinski definition) is 1. The molecule has 5 nitrogen and oxygen atoms in total. The van der Waals surface area contributed by atoms with Gasteiger partial charge < -0.3 is 5.11 Å². The second kappa shape index (κ2) is 4.94. The lowest BCUT2D eigenvalue weighted by Gasteiger charge is -2.14. The molecule has 2 aromatic heterocycles. The third-order valence-electron chi connectivity index (χ3n) is 4.27. The van der Waals surface area contributed by atoms with E-state index < -0.39 is 5.97 Å². The summed E-state index contributed by atoms with van der Waals surface area (Å²) >= 11 is 0. The van der Waals surface area contributed by atoms with Crippen molar-refractivity contribution < 1.29 is 9.90 Å². The molecule has 1 aromatic carbocycles. The quantitative estimate of drug-likeness (QED) is 0.788. The smallest absolute Gasteiger partial charge is 0.336 e. The molecule has 22 heavy (non-hydrogen) atoms. The molecular weight excluding hydrogens is 278 g/mol.